The summed E-state index contributed by atoms with van der Waals surface area (Å²) in [6.07, 6.45) is 8.41. The topological polar surface area (TPSA) is 0 Å². The van der Waals surface area contributed by atoms with Crippen molar-refractivity contribution in [1.82, 2.24) is 0 Å². The molecule has 0 rings (SSSR count). The molecule has 0 aliphatic rings. The van der Waals surface area contributed by atoms with Gasteiger partial charge in [0.25, 0.3) is 0 Å². The van der Waals surface area contributed by atoms with Gasteiger partial charge < -0.3 is 0 Å². The van der Waals surface area contributed by atoms with Gasteiger partial charge in [-0.2, -0.15) is 0 Å². The van der Waals surface area contributed by atoms with Gasteiger partial charge in [0.2, 0.25) is 0 Å². The fourth-order valence-corrected chi connectivity index (χ4v) is 6.52. The van der Waals surface area contributed by atoms with Gasteiger partial charge in [0.05, 0.1) is 0 Å². The molecular weight excluding hydrogens is 163 g/mol. The average Bonchev–Trinajstić information content (AvgIpc) is 2.06. The summed E-state index contributed by atoms with van der Waals surface area (Å²) >= 11 is 0. The van der Waals surface area contributed by atoms with Crippen LogP contribution in [-0.4, -0.2) is 18.5 Å². The second-order valence-corrected chi connectivity index (χ2v) is 8.45. The normalized spacial score (nSPS) is 12.9. The third-order valence-electron chi connectivity index (χ3n) is 2.68. The quantitative estimate of drug-likeness (QED) is 0.527. The molecule has 0 aliphatic carbocycles. The van der Waals surface area contributed by atoms with Gasteiger partial charge >= 0.3 is 78.2 Å². The molecule has 1 heteroatoms. The van der Waals surface area contributed by atoms with Crippen LogP contribution in [0.15, 0.2) is 12.4 Å². The molecule has 0 unspecified atom stereocenters. The first-order valence-electron chi connectivity index (χ1n) is 5.38. The molecule has 0 aromatic carbocycles. The monoisotopic (exact) mass is 188 g/mol. The van der Waals surface area contributed by atoms with Gasteiger partial charge in [0.1, 0.15) is 0 Å². The molecule has 0 radical (unpaired) electrons. The number of hydrogen-bond donors (Lipinski definition) is 0. The second kappa shape index (κ2) is 6.66. The van der Waals surface area contributed by atoms with Gasteiger partial charge in [-0.1, -0.05) is 0 Å². The van der Waals surface area contributed by atoms with Crippen molar-refractivity contribution in [2.75, 3.05) is 18.5 Å². The van der Waals surface area contributed by atoms with Crippen molar-refractivity contribution in [3.05, 3.63) is 12.4 Å². The SMILES string of the molecule is C=C[PH](CCC)(CCC)CCC. The molecule has 0 bridgehead atoms. The molecule has 0 saturated heterocycles. The number of hydrogen-bond acceptors (Lipinski definition) is 0. The zero-order chi connectivity index (χ0) is 9.45. The second-order valence-electron chi connectivity index (χ2n) is 3.82. The van der Waals surface area contributed by atoms with E-state index in [0.29, 0.717) is 0 Å². The van der Waals surface area contributed by atoms with Crippen LogP contribution in [0, 0.1) is 0 Å². The van der Waals surface area contributed by atoms with Gasteiger partial charge in [-0.25, -0.2) is 0 Å². The summed E-state index contributed by atoms with van der Waals surface area (Å²) in [7, 11) is -1.01. The third-order valence-corrected chi connectivity index (χ3v) is 8.03. The Morgan fingerprint density at radius 1 is 0.917 bits per heavy atom. The van der Waals surface area contributed by atoms with E-state index in [1.807, 2.05) is 0 Å². The Hall–Kier alpha value is 0.170. The van der Waals surface area contributed by atoms with E-state index in [1.165, 1.54) is 37.7 Å². The summed E-state index contributed by atoms with van der Waals surface area (Å²) in [4.78, 5) is 0. The predicted molar refractivity (Wildman–Crippen MR) is 64.0 cm³/mol. The molecule has 0 aromatic heterocycles. The maximum atomic E-state index is 4.05. The molecule has 12 heavy (non-hydrogen) atoms. The van der Waals surface area contributed by atoms with E-state index in [1.54, 1.807) is 0 Å². The van der Waals surface area contributed by atoms with Crippen molar-refractivity contribution in [3.8, 4) is 0 Å². The van der Waals surface area contributed by atoms with Crippen LogP contribution in [0.3, 0.4) is 0 Å². The van der Waals surface area contributed by atoms with Crippen LogP contribution in [0.2, 0.25) is 0 Å². The standard InChI is InChI=1S/C11H25P/c1-5-9-12(8-4,10-6-2)11-7-3/h8,12H,4-7,9-11H2,1-3H3. The first-order valence-corrected chi connectivity index (χ1v) is 8.08. The van der Waals surface area contributed by atoms with Crippen molar-refractivity contribution in [1.29, 1.82) is 0 Å². The molecule has 0 saturated carbocycles. The zero-order valence-electron chi connectivity index (χ0n) is 9.03. The average molecular weight is 188 g/mol. The van der Waals surface area contributed by atoms with Crippen molar-refractivity contribution >= 4 is 7.26 Å². The van der Waals surface area contributed by atoms with Crippen LogP contribution in [0.25, 0.3) is 0 Å². The first kappa shape index (κ1) is 12.2. The third kappa shape index (κ3) is 3.72. The van der Waals surface area contributed by atoms with Crippen molar-refractivity contribution in [2.24, 2.45) is 0 Å². The summed E-state index contributed by atoms with van der Waals surface area (Å²) in [6, 6.07) is 0. The summed E-state index contributed by atoms with van der Waals surface area (Å²) in [5, 5.41) is 0. The van der Waals surface area contributed by atoms with E-state index >= 15 is 0 Å². The van der Waals surface area contributed by atoms with Crippen LogP contribution in [0.1, 0.15) is 40.0 Å². The van der Waals surface area contributed by atoms with E-state index in [9.17, 15) is 0 Å². The fraction of sp³-hybridized carbons (Fsp3) is 0.818. The maximum absolute atomic E-state index is 4.05. The van der Waals surface area contributed by atoms with E-state index in [0.717, 1.165) is 0 Å². The summed E-state index contributed by atoms with van der Waals surface area (Å²) in [5.74, 6) is 2.34. The Bertz CT molecular complexity index is 101. The van der Waals surface area contributed by atoms with E-state index < -0.39 is 7.26 Å². The minimum atomic E-state index is -1.01. The molecule has 0 atom stereocenters. The Kier molecular flexibility index (Phi) is 6.76. The Labute approximate surface area is 78.8 Å². The van der Waals surface area contributed by atoms with Crippen LogP contribution in [-0.2, 0) is 0 Å². The Morgan fingerprint density at radius 2 is 1.25 bits per heavy atom. The number of rotatable bonds is 7. The molecule has 0 N–H and O–H groups in total. The molecule has 74 valence electrons. The van der Waals surface area contributed by atoms with Gasteiger partial charge in [-0.15, -0.1) is 0 Å². The molecule has 0 spiro atoms. The van der Waals surface area contributed by atoms with E-state index in [2.05, 4.69) is 33.2 Å². The molecule has 0 amide bonds. The van der Waals surface area contributed by atoms with Crippen molar-refractivity contribution in [3.63, 3.8) is 0 Å². The minimum absolute atomic E-state index is 1.01. The van der Waals surface area contributed by atoms with Crippen LogP contribution < -0.4 is 0 Å². The molecule has 0 aliphatic heterocycles. The fourth-order valence-electron chi connectivity index (χ4n) is 2.17. The zero-order valence-corrected chi connectivity index (χ0v) is 10.0. The van der Waals surface area contributed by atoms with E-state index in [-0.39, 0.29) is 0 Å². The van der Waals surface area contributed by atoms with Crippen LogP contribution in [0.4, 0.5) is 0 Å². The summed E-state index contributed by atoms with van der Waals surface area (Å²) in [5.41, 5.74) is 0. The van der Waals surface area contributed by atoms with Gasteiger partial charge in [0, 0.05) is 0 Å². The van der Waals surface area contributed by atoms with Gasteiger partial charge in [-0.05, 0) is 0 Å². The molecule has 0 nitrogen and oxygen atoms in total. The molecule has 0 aromatic rings. The van der Waals surface area contributed by atoms with Gasteiger partial charge in [0.15, 0.2) is 0 Å². The Morgan fingerprint density at radius 3 is 1.42 bits per heavy atom. The molecule has 0 fully saturated rings. The van der Waals surface area contributed by atoms with Gasteiger partial charge in [-0.3, -0.25) is 0 Å². The summed E-state index contributed by atoms with van der Waals surface area (Å²) < 4.78 is 0. The van der Waals surface area contributed by atoms with E-state index in [4.69, 9.17) is 0 Å². The van der Waals surface area contributed by atoms with Crippen LogP contribution in [0.5, 0.6) is 0 Å². The van der Waals surface area contributed by atoms with Crippen molar-refractivity contribution in [2.45, 2.75) is 40.0 Å². The van der Waals surface area contributed by atoms with Crippen molar-refractivity contribution < 1.29 is 0 Å². The first-order chi connectivity index (χ1) is 5.74. The Balaban J connectivity index is 4.16. The van der Waals surface area contributed by atoms with Crippen LogP contribution >= 0.6 is 7.26 Å². The molecular formula is C11H25P. The summed E-state index contributed by atoms with van der Waals surface area (Å²) in [6.45, 7) is 11.0. The predicted octanol–water partition coefficient (Wildman–Crippen LogP) is 4.11. The molecule has 0 heterocycles.